The molecule has 54 valence electrons. The van der Waals surface area contributed by atoms with Crippen LogP contribution in [0.4, 0.5) is 0 Å². The van der Waals surface area contributed by atoms with Gasteiger partial charge in [0.2, 0.25) is 0 Å². The van der Waals surface area contributed by atoms with Gasteiger partial charge in [-0.25, -0.2) is 0 Å². The monoisotopic (exact) mass is 146 g/mol. The minimum Gasteiger partial charge on any atom is -0.479 e. The third-order valence-electron chi connectivity index (χ3n) is 0.984. The summed E-state index contributed by atoms with van der Waals surface area (Å²) in [6.07, 6.45) is 0. The Labute approximate surface area is 63.6 Å². The lowest BCUT2D eigenvalue weighted by atomic mass is 10.4. The van der Waals surface area contributed by atoms with E-state index in [2.05, 4.69) is 5.79 Å². The SMILES string of the molecule is CCOC(C)(C)[O][AlH][CH3]. The van der Waals surface area contributed by atoms with E-state index in [-0.39, 0.29) is 21.3 Å². The second kappa shape index (κ2) is 4.30. The second-order valence-corrected chi connectivity index (χ2v) is 3.13. The summed E-state index contributed by atoms with van der Waals surface area (Å²) in [6.45, 7) is 6.60. The molecule has 0 heterocycles. The van der Waals surface area contributed by atoms with Crippen molar-refractivity contribution in [2.75, 3.05) is 6.61 Å². The van der Waals surface area contributed by atoms with E-state index < -0.39 is 0 Å². The van der Waals surface area contributed by atoms with Gasteiger partial charge in [0, 0.05) is 6.61 Å². The summed E-state index contributed by atoms with van der Waals surface area (Å²) in [4.78, 5) is 0. The molecule has 0 aromatic rings. The predicted octanol–water partition coefficient (Wildman–Crippen LogP) is 1.18. The standard InChI is InChI=1S/C5H11O2.CH3.Al.H/c1-4-7-5(2,3)6;;;/h4H2,1-3H3;1H3;;/q-1;;+1;. The van der Waals surface area contributed by atoms with Crippen molar-refractivity contribution >= 4 is 15.6 Å². The Balaban J connectivity index is 3.43. The van der Waals surface area contributed by atoms with E-state index >= 15 is 0 Å². The fourth-order valence-electron chi connectivity index (χ4n) is 0.737. The first kappa shape index (κ1) is 9.45. The van der Waals surface area contributed by atoms with Crippen LogP contribution in [0.25, 0.3) is 0 Å². The highest BCUT2D eigenvalue weighted by molar-refractivity contribution is 6.24. The molecule has 0 unspecified atom stereocenters. The highest BCUT2D eigenvalue weighted by Gasteiger charge is 2.15. The van der Waals surface area contributed by atoms with Crippen molar-refractivity contribution < 1.29 is 8.53 Å². The molecule has 2 nitrogen and oxygen atoms in total. The largest absolute Gasteiger partial charge is 0.479 e. The number of hydrogen-bond donors (Lipinski definition) is 0. The van der Waals surface area contributed by atoms with Gasteiger partial charge in [-0.05, 0) is 20.8 Å². The fraction of sp³-hybridized carbons (Fsp3) is 1.00. The van der Waals surface area contributed by atoms with Crippen LogP contribution < -0.4 is 0 Å². The molecule has 0 spiro atoms. The van der Waals surface area contributed by atoms with Gasteiger partial charge in [0.05, 0.1) is 0 Å². The maximum absolute atomic E-state index is 5.39. The normalized spacial score (nSPS) is 11.6. The molecule has 0 N–H and O–H groups in total. The first-order valence-electron chi connectivity index (χ1n) is 3.40. The van der Waals surface area contributed by atoms with E-state index in [4.69, 9.17) is 8.53 Å². The molecule has 0 saturated carbocycles. The molecule has 0 rings (SSSR count). The van der Waals surface area contributed by atoms with E-state index in [1.165, 1.54) is 0 Å². The summed E-state index contributed by atoms with van der Waals surface area (Å²) >= 11 is -0.335. The second-order valence-electron chi connectivity index (χ2n) is 2.27. The molecule has 0 aliphatic rings. The zero-order valence-electron chi connectivity index (χ0n) is 6.73. The molecule has 9 heavy (non-hydrogen) atoms. The Bertz CT molecular complexity index is 65.5. The van der Waals surface area contributed by atoms with Crippen LogP contribution in [0.2, 0.25) is 5.79 Å². The topological polar surface area (TPSA) is 18.5 Å². The third kappa shape index (κ3) is 4.93. The molecular formula is C6H15AlO2. The number of hydrogen-bond acceptors (Lipinski definition) is 2. The van der Waals surface area contributed by atoms with Gasteiger partial charge in [0.1, 0.15) is 5.79 Å². The molecule has 0 atom stereocenters. The minimum absolute atomic E-state index is 0.335. The van der Waals surface area contributed by atoms with Gasteiger partial charge in [0.25, 0.3) is 0 Å². The summed E-state index contributed by atoms with van der Waals surface area (Å²) < 4.78 is 10.7. The molecule has 0 radical (unpaired) electrons. The summed E-state index contributed by atoms with van der Waals surface area (Å²) in [5.74, 6) is 1.76. The van der Waals surface area contributed by atoms with Crippen LogP contribution in [0, 0.1) is 0 Å². The Morgan fingerprint density at radius 3 is 2.33 bits per heavy atom. The van der Waals surface area contributed by atoms with Crippen molar-refractivity contribution in [1.29, 1.82) is 0 Å². The van der Waals surface area contributed by atoms with Crippen LogP contribution in [0.5, 0.6) is 0 Å². The average Bonchev–Trinajstić information content (AvgIpc) is 1.64. The zero-order chi connectivity index (χ0) is 7.33. The molecule has 0 bridgehead atoms. The predicted molar refractivity (Wildman–Crippen MR) is 39.8 cm³/mol. The van der Waals surface area contributed by atoms with E-state index in [1.54, 1.807) is 0 Å². The summed E-state index contributed by atoms with van der Waals surface area (Å²) in [5, 5.41) is 0. The molecule has 0 saturated heterocycles. The molecule has 0 aliphatic carbocycles. The van der Waals surface area contributed by atoms with Crippen molar-refractivity contribution in [1.82, 2.24) is 0 Å². The third-order valence-corrected chi connectivity index (χ3v) is 1.97. The Morgan fingerprint density at radius 2 is 2.00 bits per heavy atom. The lowest BCUT2D eigenvalue weighted by molar-refractivity contribution is -0.152. The van der Waals surface area contributed by atoms with E-state index in [0.29, 0.717) is 0 Å². The molecule has 0 fully saturated rings. The summed E-state index contributed by atoms with van der Waals surface area (Å²) in [6, 6.07) is 0. The van der Waals surface area contributed by atoms with Crippen molar-refractivity contribution in [3.8, 4) is 0 Å². The highest BCUT2D eigenvalue weighted by Crippen LogP contribution is 2.08. The van der Waals surface area contributed by atoms with Crippen molar-refractivity contribution in [3.05, 3.63) is 0 Å². The van der Waals surface area contributed by atoms with Crippen molar-refractivity contribution in [2.24, 2.45) is 0 Å². The minimum atomic E-state index is -0.338. The van der Waals surface area contributed by atoms with Crippen molar-refractivity contribution in [3.63, 3.8) is 0 Å². The Hall–Kier alpha value is 0.452. The maximum Gasteiger partial charge on any atom is 0.434 e. The first-order valence-corrected chi connectivity index (χ1v) is 5.39. The smallest absolute Gasteiger partial charge is 0.434 e. The molecule has 0 aromatic carbocycles. The number of rotatable bonds is 4. The van der Waals surface area contributed by atoms with E-state index in [0.717, 1.165) is 6.61 Å². The molecule has 0 amide bonds. The van der Waals surface area contributed by atoms with E-state index in [9.17, 15) is 0 Å². The van der Waals surface area contributed by atoms with Gasteiger partial charge in [-0.15, -0.1) is 0 Å². The van der Waals surface area contributed by atoms with Crippen LogP contribution in [0.15, 0.2) is 0 Å². The Morgan fingerprint density at radius 1 is 1.44 bits per heavy atom. The van der Waals surface area contributed by atoms with Gasteiger partial charge in [-0.1, -0.05) is 5.79 Å². The lowest BCUT2D eigenvalue weighted by Crippen LogP contribution is -2.29. The molecule has 3 heteroatoms. The van der Waals surface area contributed by atoms with Gasteiger partial charge >= 0.3 is 15.6 Å². The maximum atomic E-state index is 5.39. The molecule has 0 aromatic heterocycles. The average molecular weight is 146 g/mol. The van der Waals surface area contributed by atoms with Crippen LogP contribution in [0.3, 0.4) is 0 Å². The summed E-state index contributed by atoms with van der Waals surface area (Å²) in [7, 11) is 0. The van der Waals surface area contributed by atoms with Gasteiger partial charge in [-0.2, -0.15) is 0 Å². The molecular weight excluding hydrogens is 131 g/mol. The lowest BCUT2D eigenvalue weighted by Gasteiger charge is -2.25. The first-order chi connectivity index (χ1) is 4.12. The summed E-state index contributed by atoms with van der Waals surface area (Å²) in [5.41, 5.74) is 0. The van der Waals surface area contributed by atoms with Crippen LogP contribution >= 0.6 is 0 Å². The Kier molecular flexibility index (Phi) is 4.51. The van der Waals surface area contributed by atoms with Gasteiger partial charge < -0.3 is 8.53 Å². The quantitative estimate of drug-likeness (QED) is 0.438. The van der Waals surface area contributed by atoms with Crippen molar-refractivity contribution in [2.45, 2.75) is 32.3 Å². The van der Waals surface area contributed by atoms with Crippen LogP contribution in [-0.4, -0.2) is 27.9 Å². The highest BCUT2D eigenvalue weighted by atomic mass is 27.1. The van der Waals surface area contributed by atoms with E-state index in [1.807, 2.05) is 20.8 Å². The zero-order valence-corrected chi connectivity index (χ0v) is 8.14. The number of ether oxygens (including phenoxy) is 1. The van der Waals surface area contributed by atoms with Crippen LogP contribution in [0.1, 0.15) is 20.8 Å². The van der Waals surface area contributed by atoms with Gasteiger partial charge in [0.15, 0.2) is 0 Å². The molecule has 0 aliphatic heterocycles. The van der Waals surface area contributed by atoms with Crippen LogP contribution in [-0.2, 0) is 8.53 Å². The van der Waals surface area contributed by atoms with Gasteiger partial charge in [-0.3, -0.25) is 0 Å². The fourth-order valence-corrected chi connectivity index (χ4v) is 1.52.